The van der Waals surface area contributed by atoms with Gasteiger partial charge in [0.25, 0.3) is 5.91 Å². The number of aromatic nitrogens is 1. The zero-order valence-electron chi connectivity index (χ0n) is 12.8. The third kappa shape index (κ3) is 3.20. The van der Waals surface area contributed by atoms with Crippen molar-refractivity contribution in [1.82, 2.24) is 10.3 Å². The number of amides is 1. The van der Waals surface area contributed by atoms with Crippen LogP contribution in [-0.2, 0) is 11.2 Å². The van der Waals surface area contributed by atoms with Crippen molar-refractivity contribution in [2.75, 3.05) is 13.2 Å². The lowest BCUT2D eigenvalue weighted by Crippen LogP contribution is -2.31. The summed E-state index contributed by atoms with van der Waals surface area (Å²) in [5, 5.41) is 5.42. The van der Waals surface area contributed by atoms with Gasteiger partial charge < -0.3 is 10.1 Å². The maximum atomic E-state index is 12.2. The second-order valence-electron chi connectivity index (χ2n) is 5.75. The molecule has 1 atom stereocenters. The molecule has 1 aromatic carbocycles. The molecule has 0 aliphatic carbocycles. The van der Waals surface area contributed by atoms with Gasteiger partial charge in [-0.25, -0.2) is 4.98 Å². The normalized spacial score (nSPS) is 17.3. The van der Waals surface area contributed by atoms with Crippen molar-refractivity contribution in [2.45, 2.75) is 32.3 Å². The van der Waals surface area contributed by atoms with Crippen LogP contribution in [0.15, 0.2) is 29.6 Å². The van der Waals surface area contributed by atoms with Gasteiger partial charge in [-0.3, -0.25) is 4.79 Å². The summed E-state index contributed by atoms with van der Waals surface area (Å²) in [6, 6.07) is 8.26. The van der Waals surface area contributed by atoms with Crippen molar-refractivity contribution in [3.8, 4) is 0 Å². The predicted octanol–water partition coefficient (Wildman–Crippen LogP) is 3.31. The number of carbonyl (C=O) groups is 1. The Bertz CT molecular complexity index is 666. The molecule has 0 radical (unpaired) electrons. The number of thiazole rings is 1. The molecule has 1 aliphatic rings. The summed E-state index contributed by atoms with van der Waals surface area (Å²) in [4.78, 5) is 16.6. The highest BCUT2D eigenvalue weighted by molar-refractivity contribution is 7.11. The maximum absolute atomic E-state index is 12.2. The smallest absolute Gasteiger partial charge is 0.280 e. The van der Waals surface area contributed by atoms with Gasteiger partial charge in [0.1, 0.15) is 6.10 Å². The van der Waals surface area contributed by atoms with Gasteiger partial charge in [-0.2, -0.15) is 0 Å². The number of nitrogens with one attached hydrogen (secondary N) is 1. The van der Waals surface area contributed by atoms with Crippen LogP contribution < -0.4 is 5.32 Å². The highest BCUT2D eigenvalue weighted by Gasteiger charge is 2.21. The van der Waals surface area contributed by atoms with Crippen LogP contribution >= 0.6 is 11.3 Å². The number of ether oxygens (including phenoxy) is 1. The van der Waals surface area contributed by atoms with Crippen LogP contribution in [-0.4, -0.2) is 24.0 Å². The predicted molar refractivity (Wildman–Crippen MR) is 87.4 cm³/mol. The van der Waals surface area contributed by atoms with Gasteiger partial charge in [-0.15, -0.1) is 11.3 Å². The second-order valence-corrected chi connectivity index (χ2v) is 6.61. The van der Waals surface area contributed by atoms with E-state index in [1.165, 1.54) is 22.5 Å². The highest BCUT2D eigenvalue weighted by atomic mass is 32.1. The fourth-order valence-electron chi connectivity index (χ4n) is 2.56. The van der Waals surface area contributed by atoms with Crippen LogP contribution in [0.5, 0.6) is 0 Å². The van der Waals surface area contributed by atoms with Crippen LogP contribution in [0.3, 0.4) is 0 Å². The molecule has 5 heteroatoms. The summed E-state index contributed by atoms with van der Waals surface area (Å²) in [7, 11) is 0. The molecular formula is C17H20N2O2S. The number of hydrogen-bond donors (Lipinski definition) is 1. The van der Waals surface area contributed by atoms with Crippen LogP contribution in [0.25, 0.3) is 0 Å². The number of benzene rings is 1. The van der Waals surface area contributed by atoms with E-state index in [1.807, 2.05) is 17.5 Å². The lowest BCUT2D eigenvalue weighted by atomic mass is 9.97. The molecule has 0 saturated heterocycles. The molecule has 22 heavy (non-hydrogen) atoms. The minimum Gasteiger partial charge on any atom is -0.371 e. The Kier molecular flexibility index (Phi) is 4.55. The van der Waals surface area contributed by atoms with Gasteiger partial charge in [0.15, 0.2) is 5.01 Å². The molecule has 1 aromatic heterocycles. The molecule has 2 heterocycles. The second kappa shape index (κ2) is 6.58. The zero-order valence-corrected chi connectivity index (χ0v) is 13.7. The van der Waals surface area contributed by atoms with Gasteiger partial charge >= 0.3 is 0 Å². The monoisotopic (exact) mass is 316 g/mol. The number of nitrogens with zero attached hydrogens (tertiary/aromatic N) is 1. The van der Waals surface area contributed by atoms with Crippen molar-refractivity contribution in [2.24, 2.45) is 0 Å². The van der Waals surface area contributed by atoms with E-state index in [4.69, 9.17) is 4.74 Å². The largest absolute Gasteiger partial charge is 0.371 e. The average Bonchev–Trinajstić information content (AvgIpc) is 3.03. The lowest BCUT2D eigenvalue weighted by molar-refractivity contribution is 0.0411. The van der Waals surface area contributed by atoms with E-state index in [-0.39, 0.29) is 12.0 Å². The third-order valence-electron chi connectivity index (χ3n) is 3.85. The van der Waals surface area contributed by atoms with E-state index in [0.717, 1.165) is 12.1 Å². The van der Waals surface area contributed by atoms with Crippen LogP contribution in [0.1, 0.15) is 52.5 Å². The fourth-order valence-corrected chi connectivity index (χ4v) is 3.46. The summed E-state index contributed by atoms with van der Waals surface area (Å²) in [6.07, 6.45) is 0.864. The Balaban J connectivity index is 1.64. The molecule has 0 saturated carbocycles. The summed E-state index contributed by atoms with van der Waals surface area (Å²) in [5.41, 5.74) is 3.45. The molecule has 1 amide bonds. The van der Waals surface area contributed by atoms with Crippen molar-refractivity contribution in [3.63, 3.8) is 0 Å². The number of rotatable bonds is 4. The van der Waals surface area contributed by atoms with Crippen LogP contribution in [0.2, 0.25) is 0 Å². The van der Waals surface area contributed by atoms with Crippen molar-refractivity contribution >= 4 is 17.2 Å². The molecule has 4 nitrogen and oxygen atoms in total. The Hall–Kier alpha value is -1.72. The first-order chi connectivity index (χ1) is 10.6. The molecule has 0 spiro atoms. The van der Waals surface area contributed by atoms with Gasteiger partial charge in [-0.05, 0) is 23.5 Å². The summed E-state index contributed by atoms with van der Waals surface area (Å²) in [6.45, 7) is 5.33. The van der Waals surface area contributed by atoms with E-state index in [1.54, 1.807) is 0 Å². The van der Waals surface area contributed by atoms with Crippen molar-refractivity contribution < 1.29 is 9.53 Å². The molecule has 0 fully saturated rings. The van der Waals surface area contributed by atoms with Crippen LogP contribution in [0, 0.1) is 0 Å². The standard InChI is InChI=1S/C17H20N2O2S/c1-11(2)14-10-22-17(19-14)16(20)18-9-15-13-6-4-3-5-12(13)7-8-21-15/h3-6,10-11,15H,7-9H2,1-2H3,(H,18,20)/t15-/m0/s1. The molecule has 1 aliphatic heterocycles. The summed E-state index contributed by atoms with van der Waals surface area (Å²) in [5.74, 6) is 0.218. The SMILES string of the molecule is CC(C)c1csc(C(=O)NC[C@@H]2OCCc3ccccc32)n1. The lowest BCUT2D eigenvalue weighted by Gasteiger charge is -2.26. The zero-order chi connectivity index (χ0) is 15.5. The van der Waals surface area contributed by atoms with E-state index < -0.39 is 0 Å². The quantitative estimate of drug-likeness (QED) is 0.941. The topological polar surface area (TPSA) is 51.2 Å². The van der Waals surface area contributed by atoms with Crippen molar-refractivity contribution in [3.05, 3.63) is 51.5 Å². The minimum atomic E-state index is -0.122. The van der Waals surface area contributed by atoms with E-state index in [2.05, 4.69) is 36.3 Å². The fraction of sp³-hybridized carbons (Fsp3) is 0.412. The molecule has 2 aromatic rings. The van der Waals surface area contributed by atoms with E-state index in [0.29, 0.717) is 24.1 Å². The number of carbonyl (C=O) groups excluding carboxylic acids is 1. The molecule has 1 N–H and O–H groups in total. The summed E-state index contributed by atoms with van der Waals surface area (Å²) < 4.78 is 5.80. The minimum absolute atomic E-state index is 0.0709. The molecule has 116 valence electrons. The third-order valence-corrected chi connectivity index (χ3v) is 4.71. The van der Waals surface area contributed by atoms with Gasteiger partial charge in [0.2, 0.25) is 0 Å². The Morgan fingerprint density at radius 2 is 2.27 bits per heavy atom. The molecule has 0 unspecified atom stereocenters. The number of fused-ring (bicyclic) bond motifs is 1. The van der Waals surface area contributed by atoms with Gasteiger partial charge in [0.05, 0.1) is 12.3 Å². The van der Waals surface area contributed by atoms with Crippen molar-refractivity contribution in [1.29, 1.82) is 0 Å². The molecular weight excluding hydrogens is 296 g/mol. The first-order valence-electron chi connectivity index (χ1n) is 7.58. The first kappa shape index (κ1) is 15.2. The van der Waals surface area contributed by atoms with Gasteiger partial charge in [0, 0.05) is 11.9 Å². The Morgan fingerprint density at radius 3 is 3.05 bits per heavy atom. The highest BCUT2D eigenvalue weighted by Crippen LogP contribution is 2.26. The average molecular weight is 316 g/mol. The van der Waals surface area contributed by atoms with E-state index >= 15 is 0 Å². The first-order valence-corrected chi connectivity index (χ1v) is 8.46. The van der Waals surface area contributed by atoms with E-state index in [9.17, 15) is 4.79 Å². The number of hydrogen-bond acceptors (Lipinski definition) is 4. The maximum Gasteiger partial charge on any atom is 0.280 e. The Morgan fingerprint density at radius 1 is 1.45 bits per heavy atom. The van der Waals surface area contributed by atoms with Gasteiger partial charge in [-0.1, -0.05) is 38.1 Å². The summed E-state index contributed by atoms with van der Waals surface area (Å²) >= 11 is 1.39. The van der Waals surface area contributed by atoms with Crippen LogP contribution in [0.4, 0.5) is 0 Å². The Labute approximate surface area is 134 Å². The molecule has 0 bridgehead atoms. The molecule has 3 rings (SSSR count).